The molecule has 1 aliphatic heterocycles. The van der Waals surface area contributed by atoms with E-state index in [1.807, 2.05) is 23.0 Å². The van der Waals surface area contributed by atoms with E-state index in [0.717, 1.165) is 40.0 Å². The van der Waals surface area contributed by atoms with Gasteiger partial charge in [0.2, 0.25) is 0 Å². The van der Waals surface area contributed by atoms with Crippen LogP contribution < -0.4 is 4.90 Å². The Kier molecular flexibility index (Phi) is 3.35. The number of anilines is 1. The zero-order chi connectivity index (χ0) is 15.3. The summed E-state index contributed by atoms with van der Waals surface area (Å²) in [5, 5.41) is 6.24. The highest BCUT2D eigenvalue weighted by molar-refractivity contribution is 7.22. The predicted octanol–water partition coefficient (Wildman–Crippen LogP) is 3.90. The van der Waals surface area contributed by atoms with Crippen molar-refractivity contribution in [1.82, 2.24) is 14.8 Å². The average molecular weight is 333 g/mol. The second kappa shape index (κ2) is 5.25. The lowest BCUT2D eigenvalue weighted by Crippen LogP contribution is -2.48. The van der Waals surface area contributed by atoms with Gasteiger partial charge in [-0.2, -0.15) is 5.10 Å². The van der Waals surface area contributed by atoms with E-state index in [1.54, 1.807) is 11.3 Å². The van der Waals surface area contributed by atoms with Crippen LogP contribution in [0.1, 0.15) is 11.1 Å². The Morgan fingerprint density at radius 3 is 2.82 bits per heavy atom. The molecule has 4 rings (SSSR count). The van der Waals surface area contributed by atoms with Crippen molar-refractivity contribution in [2.45, 2.75) is 20.4 Å². The van der Waals surface area contributed by atoms with Crippen LogP contribution in [0.2, 0.25) is 5.02 Å². The summed E-state index contributed by atoms with van der Waals surface area (Å²) in [7, 11) is 0. The highest BCUT2D eigenvalue weighted by Crippen LogP contribution is 2.37. The molecule has 0 N–H and O–H groups in total. The molecule has 0 bridgehead atoms. The summed E-state index contributed by atoms with van der Waals surface area (Å²) in [6.07, 6.45) is 4.01. The van der Waals surface area contributed by atoms with Crippen LogP contribution in [-0.2, 0) is 6.54 Å². The fourth-order valence-electron chi connectivity index (χ4n) is 2.90. The lowest BCUT2D eigenvalue weighted by molar-refractivity contribution is 0.342. The Bertz CT molecular complexity index is 793. The molecule has 0 spiro atoms. The van der Waals surface area contributed by atoms with Crippen molar-refractivity contribution < 1.29 is 0 Å². The van der Waals surface area contributed by atoms with Crippen molar-refractivity contribution in [3.8, 4) is 0 Å². The van der Waals surface area contributed by atoms with E-state index in [0.29, 0.717) is 5.92 Å². The smallest absolute Gasteiger partial charge is 0.186 e. The number of rotatable bonds is 3. The number of nitrogens with zero attached hydrogens (tertiary/aromatic N) is 4. The summed E-state index contributed by atoms with van der Waals surface area (Å²) in [6, 6.07) is 3.99. The first-order valence-corrected chi connectivity index (χ1v) is 8.59. The minimum absolute atomic E-state index is 0.642. The first-order valence-electron chi connectivity index (χ1n) is 7.40. The molecule has 0 saturated carbocycles. The van der Waals surface area contributed by atoms with E-state index in [2.05, 4.69) is 30.0 Å². The highest BCUT2D eigenvalue weighted by atomic mass is 35.5. The van der Waals surface area contributed by atoms with Crippen LogP contribution in [-0.4, -0.2) is 27.9 Å². The highest BCUT2D eigenvalue weighted by Gasteiger charge is 2.29. The fraction of sp³-hybridized carbons (Fsp3) is 0.375. The number of aryl methyl sites for hydroxylation is 2. The summed E-state index contributed by atoms with van der Waals surface area (Å²) < 4.78 is 3.14. The van der Waals surface area contributed by atoms with Crippen LogP contribution in [0.25, 0.3) is 10.2 Å². The molecular weight excluding hydrogens is 316 g/mol. The van der Waals surface area contributed by atoms with Crippen molar-refractivity contribution in [3.05, 3.63) is 40.7 Å². The molecular formula is C16H17ClN4S. The van der Waals surface area contributed by atoms with Crippen molar-refractivity contribution >= 4 is 38.3 Å². The van der Waals surface area contributed by atoms with Gasteiger partial charge < -0.3 is 4.90 Å². The number of thiazole rings is 1. The quantitative estimate of drug-likeness (QED) is 0.729. The molecule has 0 unspecified atom stereocenters. The topological polar surface area (TPSA) is 34.0 Å². The van der Waals surface area contributed by atoms with Crippen molar-refractivity contribution in [1.29, 1.82) is 0 Å². The second-order valence-electron chi connectivity index (χ2n) is 6.05. The standard InChI is InChI=1S/C16H17ClN4S/c1-10-5-18-21(6-10)9-12-7-20(8-12)16-19-14-11(2)3-4-13(17)15(14)22-16/h3-6,12H,7-9H2,1-2H3. The van der Waals surface area contributed by atoms with Crippen LogP contribution in [0.15, 0.2) is 24.5 Å². The normalized spacial score (nSPS) is 15.5. The number of hydrogen-bond donors (Lipinski definition) is 0. The average Bonchev–Trinajstić information content (AvgIpc) is 3.05. The third kappa shape index (κ3) is 2.38. The zero-order valence-corrected chi connectivity index (χ0v) is 14.2. The molecule has 22 heavy (non-hydrogen) atoms. The number of aromatic nitrogens is 3. The van der Waals surface area contributed by atoms with Gasteiger partial charge in [0.05, 0.1) is 21.4 Å². The van der Waals surface area contributed by atoms with E-state index in [9.17, 15) is 0 Å². The Hall–Kier alpha value is -1.59. The SMILES string of the molecule is Cc1cnn(CC2CN(c3nc4c(C)ccc(Cl)c4s3)C2)c1. The van der Waals surface area contributed by atoms with Crippen LogP contribution >= 0.6 is 22.9 Å². The third-order valence-corrected chi connectivity index (χ3v) is 5.70. The molecule has 6 heteroatoms. The number of halogens is 1. The van der Waals surface area contributed by atoms with Gasteiger partial charge in [-0.25, -0.2) is 4.98 Å². The molecule has 0 aliphatic carbocycles. The molecule has 1 saturated heterocycles. The maximum absolute atomic E-state index is 6.29. The first-order chi connectivity index (χ1) is 10.6. The molecule has 2 aromatic heterocycles. The van der Waals surface area contributed by atoms with Crippen LogP contribution in [0, 0.1) is 19.8 Å². The van der Waals surface area contributed by atoms with Gasteiger partial charge in [0.25, 0.3) is 0 Å². The molecule has 3 heterocycles. The summed E-state index contributed by atoms with van der Waals surface area (Å²) in [5.41, 5.74) is 3.44. The van der Waals surface area contributed by atoms with Crippen molar-refractivity contribution in [3.63, 3.8) is 0 Å². The molecule has 4 nitrogen and oxygen atoms in total. The Labute approximate surface area is 138 Å². The third-order valence-electron chi connectivity index (χ3n) is 4.12. The van der Waals surface area contributed by atoms with Crippen molar-refractivity contribution in [2.75, 3.05) is 18.0 Å². The molecule has 1 fully saturated rings. The first kappa shape index (κ1) is 14.0. The monoisotopic (exact) mass is 332 g/mol. The predicted molar refractivity (Wildman–Crippen MR) is 92.0 cm³/mol. The van der Waals surface area contributed by atoms with Gasteiger partial charge in [-0.3, -0.25) is 4.68 Å². The van der Waals surface area contributed by atoms with Crippen LogP contribution in [0.5, 0.6) is 0 Å². The number of hydrogen-bond acceptors (Lipinski definition) is 4. The van der Waals surface area contributed by atoms with E-state index < -0.39 is 0 Å². The molecule has 1 aromatic carbocycles. The second-order valence-corrected chi connectivity index (χ2v) is 7.43. The lowest BCUT2D eigenvalue weighted by Gasteiger charge is -2.39. The maximum Gasteiger partial charge on any atom is 0.186 e. The van der Waals surface area contributed by atoms with Gasteiger partial charge in [0, 0.05) is 31.7 Å². The summed E-state index contributed by atoms with van der Waals surface area (Å²) in [6.45, 7) is 7.21. The van der Waals surface area contributed by atoms with Gasteiger partial charge in [-0.1, -0.05) is 29.0 Å². The van der Waals surface area contributed by atoms with E-state index in [1.165, 1.54) is 11.1 Å². The van der Waals surface area contributed by atoms with Crippen LogP contribution in [0.3, 0.4) is 0 Å². The molecule has 3 aromatic rings. The molecule has 0 radical (unpaired) electrons. The fourth-order valence-corrected chi connectivity index (χ4v) is 4.23. The zero-order valence-electron chi connectivity index (χ0n) is 12.6. The summed E-state index contributed by atoms with van der Waals surface area (Å²) >= 11 is 7.98. The van der Waals surface area contributed by atoms with Gasteiger partial charge in [0.15, 0.2) is 5.13 Å². The van der Waals surface area contributed by atoms with E-state index in [4.69, 9.17) is 16.6 Å². The van der Waals surface area contributed by atoms with Gasteiger partial charge >= 0.3 is 0 Å². The van der Waals surface area contributed by atoms with Crippen LogP contribution in [0.4, 0.5) is 5.13 Å². The molecule has 1 aliphatic rings. The molecule has 114 valence electrons. The van der Waals surface area contributed by atoms with E-state index in [-0.39, 0.29) is 0 Å². The summed E-state index contributed by atoms with van der Waals surface area (Å²) in [5.74, 6) is 0.642. The molecule has 0 atom stereocenters. The Morgan fingerprint density at radius 2 is 2.14 bits per heavy atom. The minimum atomic E-state index is 0.642. The lowest BCUT2D eigenvalue weighted by atomic mass is 10.0. The largest absolute Gasteiger partial charge is 0.347 e. The van der Waals surface area contributed by atoms with E-state index >= 15 is 0 Å². The van der Waals surface area contributed by atoms with Gasteiger partial charge in [-0.15, -0.1) is 0 Å². The number of benzene rings is 1. The number of fused-ring (bicyclic) bond motifs is 1. The van der Waals surface area contributed by atoms with Gasteiger partial charge in [0.1, 0.15) is 0 Å². The summed E-state index contributed by atoms with van der Waals surface area (Å²) in [4.78, 5) is 7.11. The van der Waals surface area contributed by atoms with Crippen molar-refractivity contribution in [2.24, 2.45) is 5.92 Å². The molecule has 0 amide bonds. The minimum Gasteiger partial charge on any atom is -0.347 e. The van der Waals surface area contributed by atoms with Gasteiger partial charge in [-0.05, 0) is 31.0 Å². The Balaban J connectivity index is 1.48. The maximum atomic E-state index is 6.29. The Morgan fingerprint density at radius 1 is 1.32 bits per heavy atom.